The fourth-order valence-corrected chi connectivity index (χ4v) is 2.35. The molecule has 0 aliphatic rings. The zero-order valence-corrected chi connectivity index (χ0v) is 12.2. The highest BCUT2D eigenvalue weighted by molar-refractivity contribution is 9.10. The summed E-state index contributed by atoms with van der Waals surface area (Å²) >= 11 is 8.96. The Morgan fingerprint density at radius 1 is 1.32 bits per heavy atom. The molecule has 0 radical (unpaired) electrons. The van der Waals surface area contributed by atoms with Gasteiger partial charge in [-0.3, -0.25) is 9.78 Å². The highest BCUT2D eigenvalue weighted by Gasteiger charge is 2.11. The van der Waals surface area contributed by atoms with Crippen molar-refractivity contribution >= 4 is 33.3 Å². The molecule has 0 aliphatic heterocycles. The molecule has 0 saturated heterocycles. The maximum atomic E-state index is 13.7. The zero-order chi connectivity index (χ0) is 13.8. The molecule has 2 rings (SSSR count). The molecule has 0 spiro atoms. The second kappa shape index (κ2) is 6.26. The minimum atomic E-state index is -0.523. The van der Waals surface area contributed by atoms with E-state index in [2.05, 4.69) is 20.9 Å². The lowest BCUT2D eigenvalue weighted by atomic mass is 10.0. The summed E-state index contributed by atoms with van der Waals surface area (Å²) in [5.74, 6) is -0.606. The van der Waals surface area contributed by atoms with Gasteiger partial charge >= 0.3 is 0 Å². The number of benzene rings is 1. The van der Waals surface area contributed by atoms with Crippen LogP contribution in [0.3, 0.4) is 0 Å². The summed E-state index contributed by atoms with van der Waals surface area (Å²) in [6.07, 6.45) is 3.51. The highest BCUT2D eigenvalue weighted by atomic mass is 79.9. The van der Waals surface area contributed by atoms with Crippen LogP contribution in [0.1, 0.15) is 11.1 Å². The summed E-state index contributed by atoms with van der Waals surface area (Å²) in [4.78, 5) is 15.9. The largest absolute Gasteiger partial charge is 0.299 e. The quantitative estimate of drug-likeness (QED) is 0.841. The SMILES string of the molecule is O=C(Cc1cncc(Br)c1)Cc1cccc(Cl)c1F. The van der Waals surface area contributed by atoms with Gasteiger partial charge in [0.1, 0.15) is 11.6 Å². The average molecular weight is 343 g/mol. The molecule has 0 N–H and O–H groups in total. The van der Waals surface area contributed by atoms with Gasteiger partial charge in [0, 0.05) is 29.7 Å². The Morgan fingerprint density at radius 3 is 2.84 bits per heavy atom. The molecule has 0 unspecified atom stereocenters. The van der Waals surface area contributed by atoms with Crippen LogP contribution in [0.15, 0.2) is 41.1 Å². The van der Waals surface area contributed by atoms with Crippen molar-refractivity contribution in [1.82, 2.24) is 4.98 Å². The van der Waals surface area contributed by atoms with Crippen molar-refractivity contribution < 1.29 is 9.18 Å². The van der Waals surface area contributed by atoms with E-state index >= 15 is 0 Å². The molecular weight excluding hydrogens is 333 g/mol. The van der Waals surface area contributed by atoms with Gasteiger partial charge in [-0.2, -0.15) is 0 Å². The van der Waals surface area contributed by atoms with Crippen LogP contribution in [0, 0.1) is 5.82 Å². The van der Waals surface area contributed by atoms with Crippen molar-refractivity contribution in [2.24, 2.45) is 0 Å². The van der Waals surface area contributed by atoms with E-state index in [1.165, 1.54) is 6.07 Å². The minimum Gasteiger partial charge on any atom is -0.299 e. The van der Waals surface area contributed by atoms with Crippen molar-refractivity contribution in [3.8, 4) is 0 Å². The summed E-state index contributed by atoms with van der Waals surface area (Å²) in [5.41, 5.74) is 1.11. The molecule has 1 aromatic heterocycles. The molecule has 1 heterocycles. The maximum absolute atomic E-state index is 13.7. The summed E-state index contributed by atoms with van der Waals surface area (Å²) in [5, 5.41) is 0.0365. The molecule has 19 heavy (non-hydrogen) atoms. The minimum absolute atomic E-state index is 0.0267. The number of ketones is 1. The number of carbonyl (C=O) groups is 1. The predicted molar refractivity (Wildman–Crippen MR) is 75.8 cm³/mol. The smallest absolute Gasteiger partial charge is 0.145 e. The molecule has 0 atom stereocenters. The maximum Gasteiger partial charge on any atom is 0.145 e. The Balaban J connectivity index is 2.08. The molecule has 5 heteroatoms. The van der Waals surface area contributed by atoms with Crippen LogP contribution in [0.5, 0.6) is 0 Å². The van der Waals surface area contributed by atoms with Crippen LogP contribution >= 0.6 is 27.5 Å². The van der Waals surface area contributed by atoms with E-state index in [9.17, 15) is 9.18 Å². The monoisotopic (exact) mass is 341 g/mol. The number of hydrogen-bond acceptors (Lipinski definition) is 2. The van der Waals surface area contributed by atoms with E-state index in [0.29, 0.717) is 5.56 Å². The van der Waals surface area contributed by atoms with Crippen molar-refractivity contribution in [3.05, 3.63) is 63.1 Å². The fraction of sp³-hybridized carbons (Fsp3) is 0.143. The van der Waals surface area contributed by atoms with E-state index in [0.717, 1.165) is 10.0 Å². The first-order chi connectivity index (χ1) is 9.06. The van der Waals surface area contributed by atoms with Crippen LogP contribution in [-0.4, -0.2) is 10.8 Å². The number of aromatic nitrogens is 1. The van der Waals surface area contributed by atoms with Crippen LogP contribution in [0.4, 0.5) is 4.39 Å². The van der Waals surface area contributed by atoms with Gasteiger partial charge < -0.3 is 0 Å². The first-order valence-electron chi connectivity index (χ1n) is 5.60. The molecule has 0 saturated carbocycles. The fourth-order valence-electron chi connectivity index (χ4n) is 1.74. The summed E-state index contributed by atoms with van der Waals surface area (Å²) < 4.78 is 14.5. The van der Waals surface area contributed by atoms with Gasteiger partial charge in [0.25, 0.3) is 0 Å². The molecule has 98 valence electrons. The summed E-state index contributed by atoms with van der Waals surface area (Å²) in [6, 6.07) is 6.48. The van der Waals surface area contributed by atoms with Gasteiger partial charge in [0.15, 0.2) is 0 Å². The normalized spacial score (nSPS) is 10.5. The molecule has 0 bridgehead atoms. The second-order valence-electron chi connectivity index (χ2n) is 4.12. The third-order valence-corrected chi connectivity index (χ3v) is 3.31. The third-order valence-electron chi connectivity index (χ3n) is 2.58. The number of rotatable bonds is 4. The van der Waals surface area contributed by atoms with Crippen LogP contribution < -0.4 is 0 Å². The van der Waals surface area contributed by atoms with Crippen molar-refractivity contribution in [3.63, 3.8) is 0 Å². The van der Waals surface area contributed by atoms with E-state index in [4.69, 9.17) is 11.6 Å². The predicted octanol–water partition coefficient (Wildman–Crippen LogP) is 3.99. The molecule has 2 aromatic rings. The Hall–Kier alpha value is -1.26. The number of nitrogens with zero attached hydrogens (tertiary/aromatic N) is 1. The van der Waals surface area contributed by atoms with Gasteiger partial charge in [-0.05, 0) is 39.2 Å². The Kier molecular flexibility index (Phi) is 4.66. The lowest BCUT2D eigenvalue weighted by Gasteiger charge is -2.04. The Labute approximate surface area is 123 Å². The molecular formula is C14H10BrClFNO. The highest BCUT2D eigenvalue weighted by Crippen LogP contribution is 2.19. The molecule has 2 nitrogen and oxygen atoms in total. The first-order valence-corrected chi connectivity index (χ1v) is 6.77. The van der Waals surface area contributed by atoms with Crippen molar-refractivity contribution in [2.75, 3.05) is 0 Å². The first kappa shape index (κ1) is 14.2. The van der Waals surface area contributed by atoms with Crippen LogP contribution in [0.25, 0.3) is 0 Å². The van der Waals surface area contributed by atoms with Crippen LogP contribution in [-0.2, 0) is 17.6 Å². The van der Waals surface area contributed by atoms with Gasteiger partial charge in [0.2, 0.25) is 0 Å². The van der Waals surface area contributed by atoms with Crippen LogP contribution in [0.2, 0.25) is 5.02 Å². The molecule has 0 fully saturated rings. The van der Waals surface area contributed by atoms with Crippen molar-refractivity contribution in [2.45, 2.75) is 12.8 Å². The molecule has 0 amide bonds. The third kappa shape index (κ3) is 3.85. The number of halogens is 3. The second-order valence-corrected chi connectivity index (χ2v) is 5.44. The van der Waals surface area contributed by atoms with E-state index in [1.54, 1.807) is 24.5 Å². The lowest BCUT2D eigenvalue weighted by molar-refractivity contribution is -0.117. The van der Waals surface area contributed by atoms with E-state index < -0.39 is 5.82 Å². The summed E-state index contributed by atoms with van der Waals surface area (Å²) in [6.45, 7) is 0. The number of hydrogen-bond donors (Lipinski definition) is 0. The number of Topliss-reactive ketones (excluding diaryl/α,β-unsaturated/α-hetero) is 1. The topological polar surface area (TPSA) is 30.0 Å². The van der Waals surface area contributed by atoms with Gasteiger partial charge in [-0.1, -0.05) is 23.7 Å². The van der Waals surface area contributed by atoms with Gasteiger partial charge in [-0.15, -0.1) is 0 Å². The number of pyridine rings is 1. The molecule has 0 aliphatic carbocycles. The van der Waals surface area contributed by atoms with E-state index in [1.807, 2.05) is 6.07 Å². The zero-order valence-electron chi connectivity index (χ0n) is 9.87. The summed E-state index contributed by atoms with van der Waals surface area (Å²) in [7, 11) is 0. The van der Waals surface area contributed by atoms with E-state index in [-0.39, 0.29) is 23.6 Å². The molecule has 1 aromatic carbocycles. The van der Waals surface area contributed by atoms with Crippen molar-refractivity contribution in [1.29, 1.82) is 0 Å². The van der Waals surface area contributed by atoms with Gasteiger partial charge in [-0.25, -0.2) is 4.39 Å². The lowest BCUT2D eigenvalue weighted by Crippen LogP contribution is -2.08. The Morgan fingerprint density at radius 2 is 2.11 bits per heavy atom. The standard InChI is InChI=1S/C14H10BrClFNO/c15-11-4-9(7-18-8-11)5-12(19)6-10-2-1-3-13(16)14(10)17/h1-4,7-8H,5-6H2. The van der Waals surface area contributed by atoms with Gasteiger partial charge in [0.05, 0.1) is 5.02 Å². The number of carbonyl (C=O) groups excluding carboxylic acids is 1. The average Bonchev–Trinajstić information content (AvgIpc) is 2.35. The Bertz CT molecular complexity index is 618.